The number of sulfonamides is 2. The molecule has 4 aromatic rings. The van der Waals surface area contributed by atoms with Gasteiger partial charge in [0.05, 0.1) is 0 Å². The Kier molecular flexibility index (Phi) is 18.8. The molecule has 3 amide bonds. The molecule has 0 atom stereocenters. The van der Waals surface area contributed by atoms with Crippen molar-refractivity contribution in [2.75, 3.05) is 80.5 Å². The smallest absolute Gasteiger partial charge is 0.410 e. The Hall–Kier alpha value is -4.08. The van der Waals surface area contributed by atoms with E-state index >= 15 is 0 Å². The molecule has 0 aromatic heterocycles. The molecule has 2 saturated heterocycles. The van der Waals surface area contributed by atoms with Crippen LogP contribution in [0.4, 0.5) is 4.79 Å². The predicted octanol–water partition coefficient (Wildman–Crippen LogP) is 8.23. The second kappa shape index (κ2) is 22.8. The van der Waals surface area contributed by atoms with Crippen LogP contribution < -0.4 is 14.8 Å². The first-order valence-corrected chi connectivity index (χ1v) is 24.4. The van der Waals surface area contributed by atoms with Crippen molar-refractivity contribution in [1.82, 2.24) is 28.6 Å². The molecule has 16 nitrogen and oxygen atoms in total. The zero-order chi connectivity index (χ0) is 48.0. The molecule has 360 valence electrons. The number of carbonyl (C=O) groups excluding carboxylic acids is 3. The molecular weight excluding hydrogens is 1000 g/mol. The van der Waals surface area contributed by atoms with E-state index in [1.165, 1.54) is 90.0 Å². The molecule has 6 rings (SSSR count). The van der Waals surface area contributed by atoms with E-state index in [-0.39, 0.29) is 88.6 Å². The second-order valence-corrected chi connectivity index (χ2v) is 21.7. The van der Waals surface area contributed by atoms with Gasteiger partial charge in [0.2, 0.25) is 20.0 Å². The summed E-state index contributed by atoms with van der Waals surface area (Å²) >= 11 is 24.2. The third-order valence-corrected chi connectivity index (χ3v) is 14.2. The number of benzene rings is 4. The van der Waals surface area contributed by atoms with Crippen LogP contribution >= 0.6 is 58.8 Å². The van der Waals surface area contributed by atoms with Gasteiger partial charge in [0, 0.05) is 112 Å². The van der Waals surface area contributed by atoms with Crippen molar-refractivity contribution in [3.63, 3.8) is 0 Å². The standard InChI is InChI=1S/C24H29Cl2N3O6S.C19H21Cl2N3O4S.ClH/c1-24(2,3)35-23(31)28-8-10-29(11-9-28)36(32,33)21-12-16(22(30)27(4)5)6-7-20(21)34-19-14-17(25)13-18(26)15-19;1-23(2)19(25)13-3-4-17(28-16-11-14(20)10-15(21)12-16)18(9-13)29(26,27)24-7-5-22-6-8-24;/h6-7,12-15H,8-11H2,1-5H3;3-4,9-12,22H,5-8H2,1-2H3;1H. The first-order chi connectivity index (χ1) is 30.3. The highest BCUT2D eigenvalue weighted by Gasteiger charge is 2.35. The SMILES string of the molecule is CN(C)C(=O)c1ccc(Oc2cc(Cl)cc(Cl)c2)c(S(=O)(=O)N2CCN(C(=O)OC(C)(C)C)CC2)c1.CN(C)C(=O)c1ccc(Oc2cc(Cl)cc(Cl)c2)c(S(=O)(=O)N2CCNCC2)c1.Cl. The molecule has 4 aromatic carbocycles. The molecular formula is C43H51Cl5N6O10S2. The lowest BCUT2D eigenvalue weighted by atomic mass is 10.2. The van der Waals surface area contributed by atoms with Gasteiger partial charge in [0.1, 0.15) is 38.4 Å². The molecule has 0 spiro atoms. The van der Waals surface area contributed by atoms with Crippen LogP contribution in [0.2, 0.25) is 20.1 Å². The highest BCUT2D eigenvalue weighted by molar-refractivity contribution is 7.89. The summed E-state index contributed by atoms with van der Waals surface area (Å²) in [6.07, 6.45) is -0.500. The average molecular weight is 1050 g/mol. The molecule has 0 radical (unpaired) electrons. The Balaban J connectivity index is 0.000000290. The third-order valence-electron chi connectivity index (χ3n) is 9.52. The minimum absolute atomic E-state index is 0. The summed E-state index contributed by atoms with van der Waals surface area (Å²) in [6, 6.07) is 17.7. The van der Waals surface area contributed by atoms with Crippen molar-refractivity contribution in [1.29, 1.82) is 0 Å². The van der Waals surface area contributed by atoms with Gasteiger partial charge in [-0.05, 0) is 93.6 Å². The van der Waals surface area contributed by atoms with Crippen LogP contribution in [0, 0.1) is 0 Å². The lowest BCUT2D eigenvalue weighted by molar-refractivity contribution is 0.0192. The minimum atomic E-state index is -4.11. The van der Waals surface area contributed by atoms with Crippen LogP contribution in [0.3, 0.4) is 0 Å². The van der Waals surface area contributed by atoms with Gasteiger partial charge in [-0.15, -0.1) is 12.4 Å². The molecule has 0 unspecified atom stereocenters. The number of hydrogen-bond acceptors (Lipinski definition) is 11. The summed E-state index contributed by atoms with van der Waals surface area (Å²) in [7, 11) is -1.64. The van der Waals surface area contributed by atoms with Gasteiger partial charge in [-0.25, -0.2) is 21.6 Å². The molecule has 2 aliphatic rings. The third kappa shape index (κ3) is 14.2. The maximum atomic E-state index is 13.7. The Morgan fingerprint density at radius 1 is 0.576 bits per heavy atom. The Labute approximate surface area is 412 Å². The van der Waals surface area contributed by atoms with Gasteiger partial charge in [0.15, 0.2) is 0 Å². The molecule has 0 aliphatic carbocycles. The summed E-state index contributed by atoms with van der Waals surface area (Å²) in [5, 5.41) is 4.48. The molecule has 2 fully saturated rings. The largest absolute Gasteiger partial charge is 0.456 e. The van der Waals surface area contributed by atoms with Crippen LogP contribution in [0.5, 0.6) is 23.0 Å². The van der Waals surface area contributed by atoms with E-state index in [1.54, 1.807) is 55.0 Å². The molecule has 0 saturated carbocycles. The first-order valence-electron chi connectivity index (χ1n) is 20.0. The topological polar surface area (TPSA) is 175 Å². The van der Waals surface area contributed by atoms with E-state index in [0.717, 1.165) is 0 Å². The zero-order valence-corrected chi connectivity index (χ0v) is 42.6. The number of carbonyl (C=O) groups is 3. The van der Waals surface area contributed by atoms with Crippen LogP contribution in [0.25, 0.3) is 0 Å². The van der Waals surface area contributed by atoms with Gasteiger partial charge in [-0.3, -0.25) is 9.59 Å². The van der Waals surface area contributed by atoms with Gasteiger partial charge in [0.25, 0.3) is 11.8 Å². The van der Waals surface area contributed by atoms with Crippen molar-refractivity contribution in [3.8, 4) is 23.0 Å². The average Bonchev–Trinajstić information content (AvgIpc) is 3.22. The van der Waals surface area contributed by atoms with Gasteiger partial charge in [-0.1, -0.05) is 46.4 Å². The van der Waals surface area contributed by atoms with E-state index in [1.807, 2.05) is 0 Å². The van der Waals surface area contributed by atoms with Crippen molar-refractivity contribution in [2.24, 2.45) is 0 Å². The van der Waals surface area contributed by atoms with E-state index in [4.69, 9.17) is 60.6 Å². The van der Waals surface area contributed by atoms with Crippen LogP contribution in [0.15, 0.2) is 82.6 Å². The van der Waals surface area contributed by atoms with Crippen molar-refractivity contribution in [3.05, 3.63) is 104 Å². The van der Waals surface area contributed by atoms with Gasteiger partial charge in [-0.2, -0.15) is 8.61 Å². The Morgan fingerprint density at radius 2 is 0.939 bits per heavy atom. The van der Waals surface area contributed by atoms with Gasteiger partial charge < -0.3 is 34.2 Å². The predicted molar refractivity (Wildman–Crippen MR) is 257 cm³/mol. The number of hydrogen-bond donors (Lipinski definition) is 1. The zero-order valence-electron chi connectivity index (χ0n) is 37.1. The summed E-state index contributed by atoms with van der Waals surface area (Å²) in [4.78, 5) is 41.3. The highest BCUT2D eigenvalue weighted by atomic mass is 35.5. The first kappa shape index (κ1) is 54.5. The summed E-state index contributed by atoms with van der Waals surface area (Å²) in [6.45, 7) is 7.48. The lowest BCUT2D eigenvalue weighted by Crippen LogP contribution is -2.51. The normalized spacial score (nSPS) is 14.8. The highest BCUT2D eigenvalue weighted by Crippen LogP contribution is 2.37. The molecule has 0 bridgehead atoms. The number of rotatable bonds is 10. The number of halogens is 5. The van der Waals surface area contributed by atoms with E-state index in [0.29, 0.717) is 52.0 Å². The second-order valence-electron chi connectivity index (χ2n) is 16.2. The number of amides is 3. The molecule has 2 aliphatic heterocycles. The fourth-order valence-electron chi connectivity index (χ4n) is 6.40. The number of nitrogens with zero attached hydrogens (tertiary/aromatic N) is 5. The quantitative estimate of drug-likeness (QED) is 0.162. The van der Waals surface area contributed by atoms with Gasteiger partial charge >= 0.3 is 6.09 Å². The lowest BCUT2D eigenvalue weighted by Gasteiger charge is -2.35. The van der Waals surface area contributed by atoms with Crippen LogP contribution in [-0.2, 0) is 24.8 Å². The maximum absolute atomic E-state index is 13.7. The monoisotopic (exact) mass is 1050 g/mol. The van der Waals surface area contributed by atoms with E-state index in [9.17, 15) is 31.2 Å². The van der Waals surface area contributed by atoms with E-state index in [2.05, 4.69) is 5.32 Å². The Morgan fingerprint density at radius 3 is 1.29 bits per heavy atom. The maximum Gasteiger partial charge on any atom is 0.410 e. The van der Waals surface area contributed by atoms with Crippen LogP contribution in [-0.4, -0.2) is 144 Å². The van der Waals surface area contributed by atoms with Crippen molar-refractivity contribution in [2.45, 2.75) is 36.2 Å². The van der Waals surface area contributed by atoms with Crippen molar-refractivity contribution >= 4 is 96.8 Å². The molecule has 2 heterocycles. The van der Waals surface area contributed by atoms with Crippen LogP contribution in [0.1, 0.15) is 41.5 Å². The number of nitrogens with one attached hydrogen (secondary N) is 1. The fraction of sp³-hybridized carbons (Fsp3) is 0.372. The molecule has 23 heteroatoms. The summed E-state index contributed by atoms with van der Waals surface area (Å²) in [5.41, 5.74) is -0.225. The Bertz CT molecular complexity index is 2600. The number of piperazine rings is 2. The van der Waals surface area contributed by atoms with E-state index < -0.39 is 31.7 Å². The summed E-state index contributed by atoms with van der Waals surface area (Å²) in [5.74, 6) is -0.0237. The van der Waals surface area contributed by atoms with Crippen molar-refractivity contribution < 1.29 is 45.4 Å². The summed E-state index contributed by atoms with van der Waals surface area (Å²) < 4.78 is 73.8. The molecule has 66 heavy (non-hydrogen) atoms. The number of ether oxygens (including phenoxy) is 3. The fourth-order valence-corrected chi connectivity index (χ4v) is 10.6. The molecule has 1 N–H and O–H groups in total. The minimum Gasteiger partial charge on any atom is -0.456 e.